The van der Waals surface area contributed by atoms with Crippen molar-refractivity contribution in [2.24, 2.45) is 5.73 Å². The fraction of sp³-hybridized carbons (Fsp3) is 0.800. The van der Waals surface area contributed by atoms with Crippen molar-refractivity contribution in [1.29, 1.82) is 0 Å². The third-order valence-electron chi connectivity index (χ3n) is 2.97. The van der Waals surface area contributed by atoms with Crippen molar-refractivity contribution >= 4 is 0 Å². The number of nitrogens with zero attached hydrogens (tertiary/aromatic N) is 2. The average Bonchev–Trinajstić information content (AvgIpc) is 2.93. The summed E-state index contributed by atoms with van der Waals surface area (Å²) in [6.45, 7) is 7.53. The van der Waals surface area contributed by atoms with Crippen LogP contribution in [0.5, 0.6) is 0 Å². The Balaban J connectivity index is 1.86. The topological polar surface area (TPSA) is 71.5 Å². The summed E-state index contributed by atoms with van der Waals surface area (Å²) in [5, 5.41) is 4.25. The van der Waals surface area contributed by atoms with Crippen LogP contribution in [0.15, 0.2) is 12.4 Å². The molecule has 0 bridgehead atoms. The number of hydrogen-bond donors (Lipinski definition) is 1. The molecular formula is C15H29N3O3. The van der Waals surface area contributed by atoms with Gasteiger partial charge in [-0.2, -0.15) is 5.10 Å². The minimum Gasteiger partial charge on any atom is -0.379 e. The van der Waals surface area contributed by atoms with Crippen LogP contribution < -0.4 is 5.73 Å². The van der Waals surface area contributed by atoms with Gasteiger partial charge in [0.15, 0.2) is 0 Å². The molecule has 1 aromatic rings. The third kappa shape index (κ3) is 9.57. The molecule has 2 N–H and O–H groups in total. The van der Waals surface area contributed by atoms with Gasteiger partial charge in [0.05, 0.1) is 45.8 Å². The Morgan fingerprint density at radius 1 is 1.05 bits per heavy atom. The lowest BCUT2D eigenvalue weighted by molar-refractivity contribution is 0.0123. The molecule has 0 spiro atoms. The zero-order valence-corrected chi connectivity index (χ0v) is 13.1. The first-order valence-electron chi connectivity index (χ1n) is 7.81. The second-order valence-corrected chi connectivity index (χ2v) is 4.84. The number of ether oxygens (including phenoxy) is 3. The molecule has 0 radical (unpaired) electrons. The van der Waals surface area contributed by atoms with Gasteiger partial charge >= 0.3 is 0 Å². The quantitative estimate of drug-likeness (QED) is 0.523. The summed E-state index contributed by atoms with van der Waals surface area (Å²) in [5.74, 6) is 0. The van der Waals surface area contributed by atoms with E-state index >= 15 is 0 Å². The first-order valence-corrected chi connectivity index (χ1v) is 7.81. The Kier molecular flexibility index (Phi) is 11.0. The van der Waals surface area contributed by atoms with E-state index in [1.165, 1.54) is 12.0 Å². The summed E-state index contributed by atoms with van der Waals surface area (Å²) < 4.78 is 18.2. The molecule has 1 heterocycles. The van der Waals surface area contributed by atoms with Crippen molar-refractivity contribution in [3.63, 3.8) is 0 Å². The van der Waals surface area contributed by atoms with Crippen LogP contribution in [0.4, 0.5) is 0 Å². The molecular weight excluding hydrogens is 270 g/mol. The molecule has 0 atom stereocenters. The highest BCUT2D eigenvalue weighted by Gasteiger charge is 1.97. The Hall–Kier alpha value is -0.950. The number of unbranched alkanes of at least 4 members (excludes halogenated alkanes) is 1. The number of hydrogen-bond acceptors (Lipinski definition) is 5. The second kappa shape index (κ2) is 12.8. The lowest BCUT2D eigenvalue weighted by atomic mass is 10.3. The number of rotatable bonds is 14. The van der Waals surface area contributed by atoms with Crippen LogP contribution in [0.1, 0.15) is 25.3 Å². The molecule has 0 saturated heterocycles. The fourth-order valence-electron chi connectivity index (χ4n) is 1.77. The second-order valence-electron chi connectivity index (χ2n) is 4.84. The molecule has 0 unspecified atom stereocenters. The van der Waals surface area contributed by atoms with Gasteiger partial charge in [-0.25, -0.2) is 0 Å². The van der Waals surface area contributed by atoms with E-state index in [0.29, 0.717) is 39.6 Å². The van der Waals surface area contributed by atoms with E-state index in [0.717, 1.165) is 26.0 Å². The molecule has 6 heteroatoms. The van der Waals surface area contributed by atoms with Crippen LogP contribution in [0.2, 0.25) is 0 Å². The van der Waals surface area contributed by atoms with Crippen molar-refractivity contribution < 1.29 is 14.2 Å². The highest BCUT2D eigenvalue weighted by Crippen LogP contribution is 1.97. The van der Waals surface area contributed by atoms with Crippen LogP contribution >= 0.6 is 0 Å². The van der Waals surface area contributed by atoms with Gasteiger partial charge in [-0.05, 0) is 24.9 Å². The first kappa shape index (κ1) is 18.1. The van der Waals surface area contributed by atoms with Gasteiger partial charge in [0.25, 0.3) is 0 Å². The van der Waals surface area contributed by atoms with Gasteiger partial charge in [0.2, 0.25) is 0 Å². The summed E-state index contributed by atoms with van der Waals surface area (Å²) >= 11 is 0. The van der Waals surface area contributed by atoms with E-state index in [-0.39, 0.29) is 0 Å². The predicted molar refractivity (Wildman–Crippen MR) is 82.4 cm³/mol. The Morgan fingerprint density at radius 3 is 2.38 bits per heavy atom. The molecule has 0 amide bonds. The summed E-state index contributed by atoms with van der Waals surface area (Å²) in [4.78, 5) is 0. The van der Waals surface area contributed by atoms with E-state index in [1.54, 1.807) is 0 Å². The Morgan fingerprint density at radius 2 is 1.71 bits per heavy atom. The highest BCUT2D eigenvalue weighted by atomic mass is 16.5. The summed E-state index contributed by atoms with van der Waals surface area (Å²) in [5.41, 5.74) is 6.67. The van der Waals surface area contributed by atoms with Gasteiger partial charge in [0.1, 0.15) is 0 Å². The first-order chi connectivity index (χ1) is 10.4. The van der Waals surface area contributed by atoms with Crippen molar-refractivity contribution in [3.05, 3.63) is 18.0 Å². The zero-order chi connectivity index (χ0) is 15.2. The molecule has 122 valence electrons. The van der Waals surface area contributed by atoms with Crippen LogP contribution in [-0.2, 0) is 27.2 Å². The van der Waals surface area contributed by atoms with Gasteiger partial charge in [-0.15, -0.1) is 0 Å². The van der Waals surface area contributed by atoms with Crippen molar-refractivity contribution in [1.82, 2.24) is 9.78 Å². The van der Waals surface area contributed by atoms with E-state index in [2.05, 4.69) is 12.0 Å². The highest BCUT2D eigenvalue weighted by molar-refractivity contribution is 5.03. The van der Waals surface area contributed by atoms with Crippen LogP contribution in [0, 0.1) is 0 Å². The molecule has 0 aliphatic carbocycles. The molecule has 0 saturated carbocycles. The number of nitrogens with two attached hydrogens (primary N) is 1. The smallest absolute Gasteiger partial charge is 0.0701 e. The van der Waals surface area contributed by atoms with E-state index < -0.39 is 0 Å². The van der Waals surface area contributed by atoms with Gasteiger partial charge in [0, 0.05) is 12.8 Å². The van der Waals surface area contributed by atoms with Gasteiger partial charge in [-0.1, -0.05) is 13.3 Å². The Labute approximate surface area is 127 Å². The zero-order valence-electron chi connectivity index (χ0n) is 13.1. The van der Waals surface area contributed by atoms with E-state index in [9.17, 15) is 0 Å². The maximum atomic E-state index is 5.50. The number of aromatic nitrogens is 2. The largest absolute Gasteiger partial charge is 0.379 e. The molecule has 0 aromatic carbocycles. The summed E-state index contributed by atoms with van der Waals surface area (Å²) in [6.07, 6.45) is 7.02. The van der Waals surface area contributed by atoms with Crippen LogP contribution in [0.3, 0.4) is 0 Å². The van der Waals surface area contributed by atoms with E-state index in [1.807, 2.05) is 17.1 Å². The SMILES string of the molecule is CCCCOCCOCCOCCn1cc(CCN)cn1. The predicted octanol–water partition coefficient (Wildman–Crippen LogP) is 1.23. The lowest BCUT2D eigenvalue weighted by Crippen LogP contribution is -2.12. The molecule has 0 aliphatic rings. The molecule has 0 aliphatic heterocycles. The molecule has 0 fully saturated rings. The van der Waals surface area contributed by atoms with Crippen molar-refractivity contribution in [2.75, 3.05) is 46.2 Å². The fourth-order valence-corrected chi connectivity index (χ4v) is 1.77. The molecule has 6 nitrogen and oxygen atoms in total. The van der Waals surface area contributed by atoms with Crippen molar-refractivity contribution in [3.8, 4) is 0 Å². The lowest BCUT2D eigenvalue weighted by Gasteiger charge is -2.06. The van der Waals surface area contributed by atoms with Gasteiger partial charge < -0.3 is 19.9 Å². The molecule has 1 aromatic heterocycles. The minimum atomic E-state index is 0.603. The van der Waals surface area contributed by atoms with Crippen LogP contribution in [-0.4, -0.2) is 56.0 Å². The van der Waals surface area contributed by atoms with Crippen LogP contribution in [0.25, 0.3) is 0 Å². The normalized spacial score (nSPS) is 11.1. The Bertz CT molecular complexity index is 345. The molecule has 1 rings (SSSR count). The minimum absolute atomic E-state index is 0.603. The maximum Gasteiger partial charge on any atom is 0.0701 e. The molecule has 21 heavy (non-hydrogen) atoms. The van der Waals surface area contributed by atoms with E-state index in [4.69, 9.17) is 19.9 Å². The monoisotopic (exact) mass is 299 g/mol. The third-order valence-corrected chi connectivity index (χ3v) is 2.97. The summed E-state index contributed by atoms with van der Waals surface area (Å²) in [6, 6.07) is 0. The standard InChI is InChI=1S/C15H29N3O3/c1-2-3-7-19-9-11-21-12-10-20-8-6-18-14-15(4-5-16)13-17-18/h13-14H,2-12,16H2,1H3. The summed E-state index contributed by atoms with van der Waals surface area (Å²) in [7, 11) is 0. The maximum absolute atomic E-state index is 5.50. The van der Waals surface area contributed by atoms with Crippen molar-refractivity contribution in [2.45, 2.75) is 32.7 Å². The average molecular weight is 299 g/mol. The van der Waals surface area contributed by atoms with Gasteiger partial charge in [-0.3, -0.25) is 4.68 Å².